The number of phenols is 1. The summed E-state index contributed by atoms with van der Waals surface area (Å²) < 4.78 is 1.97. The molecule has 30 heavy (non-hydrogen) atoms. The molecule has 1 aromatic heterocycles. The van der Waals surface area contributed by atoms with Crippen molar-refractivity contribution in [1.82, 2.24) is 4.57 Å². The van der Waals surface area contributed by atoms with Gasteiger partial charge in [0.15, 0.2) is 0 Å². The molecular weight excluding hydrogens is 370 g/mol. The number of aryl methyl sites for hydroxylation is 1. The van der Waals surface area contributed by atoms with Crippen molar-refractivity contribution < 1.29 is 5.11 Å². The number of nitrogens with zero attached hydrogens (tertiary/aromatic N) is 1. The van der Waals surface area contributed by atoms with Gasteiger partial charge in [-0.3, -0.25) is 4.57 Å². The van der Waals surface area contributed by atoms with E-state index in [1.807, 2.05) is 17.6 Å². The lowest BCUT2D eigenvalue weighted by molar-refractivity contribution is 0.475. The number of phenolic OH excluding ortho intramolecular Hbond substituents is 1. The lowest BCUT2D eigenvalue weighted by atomic mass is 10.0. The lowest BCUT2D eigenvalue weighted by Gasteiger charge is -2.12. The molecule has 2 aromatic rings. The highest BCUT2D eigenvalue weighted by Crippen LogP contribution is 2.23. The number of hydrogen-bond donors (Lipinski definition) is 3. The average molecular weight is 408 g/mol. The van der Waals surface area contributed by atoms with Gasteiger partial charge in [-0.25, -0.2) is 0 Å². The number of hydrogen-bond acceptors (Lipinski definition) is 3. The maximum absolute atomic E-state index is 10.1. The zero-order valence-corrected chi connectivity index (χ0v) is 19.1. The van der Waals surface area contributed by atoms with Crippen LogP contribution in [0.25, 0.3) is 23.5 Å². The van der Waals surface area contributed by atoms with E-state index in [1.54, 1.807) is 12.1 Å². The summed E-state index contributed by atoms with van der Waals surface area (Å²) in [7, 11) is 0. The Bertz CT molecular complexity index is 1050. The quantitative estimate of drug-likeness (QED) is 0.591. The molecule has 0 spiro atoms. The molecule has 0 aliphatic heterocycles. The van der Waals surface area contributed by atoms with Crippen LogP contribution >= 0.6 is 0 Å². The van der Waals surface area contributed by atoms with Crippen LogP contribution in [0.3, 0.4) is 0 Å². The highest BCUT2D eigenvalue weighted by atomic mass is 16.3. The third-order valence-electron chi connectivity index (χ3n) is 5.32. The van der Waals surface area contributed by atoms with Crippen LogP contribution in [0.4, 0.5) is 5.82 Å². The Morgan fingerprint density at radius 2 is 2.00 bits per heavy atom. The molecule has 4 nitrogen and oxygen atoms in total. The fourth-order valence-corrected chi connectivity index (χ4v) is 3.73. The summed E-state index contributed by atoms with van der Waals surface area (Å²) in [6, 6.07) is 5.31. The van der Waals surface area contributed by atoms with E-state index >= 15 is 0 Å². The van der Waals surface area contributed by atoms with Crippen LogP contribution in [0.15, 0.2) is 36.4 Å². The molecule has 0 atom stereocenters. The smallest absolute Gasteiger partial charge is 0.118 e. The van der Waals surface area contributed by atoms with E-state index in [9.17, 15) is 5.11 Å². The second-order valence-corrected chi connectivity index (χ2v) is 8.47. The van der Waals surface area contributed by atoms with Crippen molar-refractivity contribution >= 4 is 23.7 Å². The summed E-state index contributed by atoms with van der Waals surface area (Å²) >= 11 is 0. The van der Waals surface area contributed by atoms with Gasteiger partial charge in [-0.05, 0) is 56.7 Å². The second kappa shape index (κ2) is 10.2. The molecule has 0 aliphatic carbocycles. The van der Waals surface area contributed by atoms with Gasteiger partial charge in [0.25, 0.3) is 0 Å². The van der Waals surface area contributed by atoms with Gasteiger partial charge in [-0.2, -0.15) is 0 Å². The fourth-order valence-electron chi connectivity index (χ4n) is 3.73. The van der Waals surface area contributed by atoms with Gasteiger partial charge >= 0.3 is 0 Å². The summed E-state index contributed by atoms with van der Waals surface area (Å²) in [5.74, 6) is 1.45. The molecule has 0 saturated heterocycles. The lowest BCUT2D eigenvalue weighted by Crippen LogP contribution is -2.30. The minimum atomic E-state index is 0.198. The molecule has 0 bridgehead atoms. The molecule has 2 rings (SSSR count). The number of allylic oxidation sites excluding steroid dienone is 2. The highest BCUT2D eigenvalue weighted by Gasteiger charge is 2.16. The van der Waals surface area contributed by atoms with Crippen molar-refractivity contribution in [3.63, 3.8) is 0 Å². The van der Waals surface area contributed by atoms with Gasteiger partial charge in [0.05, 0.1) is 11.0 Å². The Morgan fingerprint density at radius 1 is 1.30 bits per heavy atom. The number of nitrogens with two attached hydrogens (primary N) is 2. The van der Waals surface area contributed by atoms with Crippen LogP contribution in [0.1, 0.15) is 64.5 Å². The topological polar surface area (TPSA) is 77.2 Å². The molecule has 162 valence electrons. The summed E-state index contributed by atoms with van der Waals surface area (Å²) in [5.41, 5.74) is 17.1. The van der Waals surface area contributed by atoms with E-state index in [4.69, 9.17) is 11.5 Å². The first-order chi connectivity index (χ1) is 14.2. The summed E-state index contributed by atoms with van der Waals surface area (Å²) in [4.78, 5) is 0. The predicted molar refractivity (Wildman–Crippen MR) is 131 cm³/mol. The number of nitrogen functional groups attached to an aromatic ring is 1. The first-order valence-corrected chi connectivity index (χ1v) is 10.8. The SMILES string of the molecule is C=C(N)c1c(N)n(-c2cc(O)ccc2C)c(=C/C=C(\C)CCCC(C)C)/c1=C/CC. The van der Waals surface area contributed by atoms with E-state index in [1.165, 1.54) is 18.4 Å². The normalized spacial score (nSPS) is 13.5. The molecule has 0 fully saturated rings. The van der Waals surface area contributed by atoms with E-state index in [0.717, 1.165) is 46.1 Å². The molecule has 0 amide bonds. The highest BCUT2D eigenvalue weighted by molar-refractivity contribution is 5.74. The molecule has 4 heteroatoms. The number of aromatic hydroxyl groups is 1. The van der Waals surface area contributed by atoms with Crippen molar-refractivity contribution in [3.8, 4) is 11.4 Å². The predicted octanol–water partition coefficient (Wildman–Crippen LogP) is 4.75. The van der Waals surface area contributed by atoms with Crippen LogP contribution in [0.5, 0.6) is 5.75 Å². The first-order valence-electron chi connectivity index (χ1n) is 10.8. The standard InChI is InChI=1S/C26H37N3O/c1-7-9-22-23(15-12-18(4)11-8-10-17(2)3)29(26(28)25(22)20(6)27)24-16-21(30)14-13-19(24)5/h9,12-17,30H,6-8,10-11,27-28H2,1-5H3/b18-12+,22-9-,23-15+. The van der Waals surface area contributed by atoms with Crippen LogP contribution in [0, 0.1) is 12.8 Å². The minimum absolute atomic E-state index is 0.198. The Balaban J connectivity index is 2.76. The van der Waals surface area contributed by atoms with Crippen molar-refractivity contribution in [3.05, 3.63) is 58.1 Å². The molecule has 0 saturated carbocycles. The largest absolute Gasteiger partial charge is 0.508 e. The van der Waals surface area contributed by atoms with E-state index in [-0.39, 0.29) is 5.75 Å². The van der Waals surface area contributed by atoms with E-state index < -0.39 is 0 Å². The van der Waals surface area contributed by atoms with Gasteiger partial charge < -0.3 is 16.6 Å². The van der Waals surface area contributed by atoms with Crippen LogP contribution in [-0.2, 0) is 0 Å². The van der Waals surface area contributed by atoms with Gasteiger partial charge in [-0.15, -0.1) is 0 Å². The van der Waals surface area contributed by atoms with Crippen molar-refractivity contribution in [2.24, 2.45) is 11.7 Å². The minimum Gasteiger partial charge on any atom is -0.508 e. The molecule has 0 aliphatic rings. The van der Waals surface area contributed by atoms with Gasteiger partial charge in [0.2, 0.25) is 0 Å². The summed E-state index contributed by atoms with van der Waals surface area (Å²) in [6.45, 7) is 14.7. The molecule has 5 N–H and O–H groups in total. The Hall–Kier alpha value is -2.88. The number of anilines is 1. The van der Waals surface area contributed by atoms with Gasteiger partial charge in [0.1, 0.15) is 11.6 Å². The number of rotatable bonds is 8. The molecule has 1 aromatic carbocycles. The summed E-state index contributed by atoms with van der Waals surface area (Å²) in [6.07, 6.45) is 10.7. The van der Waals surface area contributed by atoms with Crippen molar-refractivity contribution in [2.45, 2.75) is 60.3 Å². The number of benzene rings is 1. The van der Waals surface area contributed by atoms with Crippen LogP contribution in [0.2, 0.25) is 0 Å². The van der Waals surface area contributed by atoms with Crippen LogP contribution < -0.4 is 22.0 Å². The Labute approximate surface area is 180 Å². The van der Waals surface area contributed by atoms with E-state index in [0.29, 0.717) is 11.5 Å². The summed E-state index contributed by atoms with van der Waals surface area (Å²) in [5, 5.41) is 12.0. The molecule has 0 unspecified atom stereocenters. The Kier molecular flexibility index (Phi) is 7.99. The maximum Gasteiger partial charge on any atom is 0.118 e. The number of aromatic nitrogens is 1. The third-order valence-corrected chi connectivity index (χ3v) is 5.32. The van der Waals surface area contributed by atoms with Crippen molar-refractivity contribution in [1.29, 1.82) is 0 Å². The van der Waals surface area contributed by atoms with Crippen LogP contribution in [-0.4, -0.2) is 9.67 Å². The fraction of sp³-hybridized carbons (Fsp3) is 0.385. The zero-order chi connectivity index (χ0) is 22.4. The van der Waals surface area contributed by atoms with Gasteiger partial charge in [-0.1, -0.05) is 57.6 Å². The van der Waals surface area contributed by atoms with Crippen molar-refractivity contribution in [2.75, 3.05) is 5.73 Å². The monoisotopic (exact) mass is 407 g/mol. The van der Waals surface area contributed by atoms with E-state index in [2.05, 4.69) is 52.5 Å². The van der Waals surface area contributed by atoms with Gasteiger partial charge in [0, 0.05) is 22.5 Å². The maximum atomic E-state index is 10.1. The molecule has 1 heterocycles. The Morgan fingerprint density at radius 3 is 2.60 bits per heavy atom. The third kappa shape index (κ3) is 5.38. The first kappa shape index (κ1) is 23.4. The second-order valence-electron chi connectivity index (χ2n) is 8.47. The average Bonchev–Trinajstić information content (AvgIpc) is 2.93. The molecular formula is C26H37N3O. The molecule has 0 radical (unpaired) electrons. The zero-order valence-electron chi connectivity index (χ0n) is 19.1.